The summed E-state index contributed by atoms with van der Waals surface area (Å²) in [5.74, 6) is -1.43. The number of likely N-dealkylation sites (tertiary alicyclic amines) is 1. The van der Waals surface area contributed by atoms with Crippen molar-refractivity contribution in [1.82, 2.24) is 10.2 Å². The average Bonchev–Trinajstić information content (AvgIpc) is 3.58. The molecule has 2 fully saturated rings. The molecule has 0 spiro atoms. The zero-order valence-electron chi connectivity index (χ0n) is 19.6. The Morgan fingerprint density at radius 1 is 0.917 bits per heavy atom. The van der Waals surface area contributed by atoms with E-state index in [-0.39, 0.29) is 29.3 Å². The van der Waals surface area contributed by atoms with E-state index < -0.39 is 12.0 Å². The maximum atomic E-state index is 13.7. The molecule has 2 aliphatic rings. The lowest BCUT2D eigenvalue weighted by Gasteiger charge is -2.25. The number of esters is 1. The van der Waals surface area contributed by atoms with E-state index in [0.29, 0.717) is 36.3 Å². The van der Waals surface area contributed by atoms with Crippen LogP contribution in [0.5, 0.6) is 0 Å². The second-order valence-corrected chi connectivity index (χ2v) is 11.1. The van der Waals surface area contributed by atoms with Crippen molar-refractivity contribution in [3.8, 4) is 0 Å². The van der Waals surface area contributed by atoms with Crippen LogP contribution in [0.3, 0.4) is 0 Å². The van der Waals surface area contributed by atoms with E-state index in [4.69, 9.17) is 4.74 Å². The molecule has 0 aliphatic carbocycles. The Kier molecular flexibility index (Phi) is 8.83. The SMILES string of the molecule is COC(=O)c1cc(I)ccc1NC(=O)[C@H]1CCCN1C(=O)c1cc(I)ccc1NC(=O)[C@@H]1CCCN1. The van der Waals surface area contributed by atoms with E-state index in [1.165, 1.54) is 12.0 Å². The van der Waals surface area contributed by atoms with Gasteiger partial charge in [0, 0.05) is 13.7 Å². The Hall–Kier alpha value is -2.26. The van der Waals surface area contributed by atoms with Crippen molar-refractivity contribution in [2.75, 3.05) is 30.8 Å². The number of hydrogen-bond donors (Lipinski definition) is 3. The lowest BCUT2D eigenvalue weighted by Crippen LogP contribution is -2.43. The number of anilines is 2. The molecule has 190 valence electrons. The van der Waals surface area contributed by atoms with Crippen LogP contribution in [0.15, 0.2) is 36.4 Å². The lowest BCUT2D eigenvalue weighted by molar-refractivity contribution is -0.120. The molecular formula is C25H26I2N4O5. The molecule has 0 bridgehead atoms. The summed E-state index contributed by atoms with van der Waals surface area (Å²) in [4.78, 5) is 53.4. The molecule has 11 heteroatoms. The number of nitrogens with one attached hydrogen (secondary N) is 3. The molecule has 3 N–H and O–H groups in total. The number of rotatable bonds is 6. The van der Waals surface area contributed by atoms with Crippen molar-refractivity contribution < 1.29 is 23.9 Å². The van der Waals surface area contributed by atoms with Gasteiger partial charge in [-0.1, -0.05) is 0 Å². The standard InChI is InChI=1S/C25H26I2N4O5/c1-36-25(35)17-13-15(27)7-9-19(17)30-23(33)21-5-3-11-31(21)24(34)16-12-14(26)6-8-18(16)29-22(32)20-4-2-10-28-20/h6-9,12-13,20-21,28H,2-5,10-11H2,1H3,(H,29,32)(H,30,33)/t20-,21+/m0/s1. The second kappa shape index (κ2) is 11.9. The summed E-state index contributed by atoms with van der Waals surface area (Å²) in [6.45, 7) is 1.20. The van der Waals surface area contributed by atoms with Gasteiger partial charge >= 0.3 is 5.97 Å². The topological polar surface area (TPSA) is 117 Å². The van der Waals surface area contributed by atoms with Crippen molar-refractivity contribution >= 4 is 80.2 Å². The Morgan fingerprint density at radius 2 is 1.56 bits per heavy atom. The summed E-state index contributed by atoms with van der Waals surface area (Å²) >= 11 is 4.20. The molecule has 0 radical (unpaired) electrons. The van der Waals surface area contributed by atoms with E-state index in [1.807, 2.05) is 6.07 Å². The van der Waals surface area contributed by atoms with Crippen LogP contribution in [-0.4, -0.2) is 60.9 Å². The molecular weight excluding hydrogens is 690 g/mol. The first-order chi connectivity index (χ1) is 17.3. The van der Waals surface area contributed by atoms with Crippen LogP contribution in [0.4, 0.5) is 11.4 Å². The van der Waals surface area contributed by atoms with Gasteiger partial charge in [-0.3, -0.25) is 14.4 Å². The summed E-state index contributed by atoms with van der Waals surface area (Å²) in [6.07, 6.45) is 2.84. The monoisotopic (exact) mass is 716 g/mol. The lowest BCUT2D eigenvalue weighted by atomic mass is 10.1. The average molecular weight is 716 g/mol. The molecule has 3 amide bonds. The maximum absolute atomic E-state index is 13.7. The predicted molar refractivity (Wildman–Crippen MR) is 152 cm³/mol. The molecule has 2 aromatic carbocycles. The van der Waals surface area contributed by atoms with Crippen molar-refractivity contribution in [3.05, 3.63) is 54.7 Å². The number of methoxy groups -OCH3 is 1. The molecule has 4 rings (SSSR count). The summed E-state index contributed by atoms with van der Waals surface area (Å²) in [7, 11) is 1.28. The molecule has 0 unspecified atom stereocenters. The molecule has 2 saturated heterocycles. The van der Waals surface area contributed by atoms with Crippen molar-refractivity contribution in [1.29, 1.82) is 0 Å². The van der Waals surface area contributed by atoms with Crippen LogP contribution in [0.25, 0.3) is 0 Å². The number of nitrogens with zero attached hydrogens (tertiary/aromatic N) is 1. The Labute approximate surface area is 236 Å². The number of hydrogen-bond acceptors (Lipinski definition) is 6. The van der Waals surface area contributed by atoms with Gasteiger partial charge in [-0.05, 0) is 114 Å². The Balaban J connectivity index is 1.55. The van der Waals surface area contributed by atoms with Crippen molar-refractivity contribution in [3.63, 3.8) is 0 Å². The van der Waals surface area contributed by atoms with Crippen LogP contribution in [0.1, 0.15) is 46.4 Å². The minimum absolute atomic E-state index is 0.174. The third-order valence-corrected chi connectivity index (χ3v) is 7.65. The largest absolute Gasteiger partial charge is 0.465 e. The molecule has 2 aromatic rings. The quantitative estimate of drug-likeness (QED) is 0.311. The fourth-order valence-electron chi connectivity index (χ4n) is 4.49. The first-order valence-electron chi connectivity index (χ1n) is 11.6. The minimum atomic E-state index is -0.708. The molecule has 2 heterocycles. The fourth-order valence-corrected chi connectivity index (χ4v) is 5.47. The summed E-state index contributed by atoms with van der Waals surface area (Å²) in [5.41, 5.74) is 1.35. The minimum Gasteiger partial charge on any atom is -0.465 e. The zero-order valence-corrected chi connectivity index (χ0v) is 23.9. The predicted octanol–water partition coefficient (Wildman–Crippen LogP) is 3.62. The van der Waals surface area contributed by atoms with E-state index >= 15 is 0 Å². The van der Waals surface area contributed by atoms with Crippen LogP contribution in [-0.2, 0) is 14.3 Å². The first-order valence-corrected chi connectivity index (χ1v) is 13.8. The zero-order chi connectivity index (χ0) is 25.8. The molecule has 2 atom stereocenters. The van der Waals surface area contributed by atoms with Gasteiger partial charge < -0.3 is 25.6 Å². The van der Waals surface area contributed by atoms with Gasteiger partial charge in [0.25, 0.3) is 5.91 Å². The highest BCUT2D eigenvalue weighted by molar-refractivity contribution is 14.1. The van der Waals surface area contributed by atoms with Crippen LogP contribution in [0, 0.1) is 7.14 Å². The van der Waals surface area contributed by atoms with Crippen LogP contribution >= 0.6 is 45.2 Å². The molecule has 0 saturated carbocycles. The highest BCUT2D eigenvalue weighted by atomic mass is 127. The normalized spacial score (nSPS) is 19.1. The third kappa shape index (κ3) is 5.99. The maximum Gasteiger partial charge on any atom is 0.340 e. The first kappa shape index (κ1) is 26.8. The van der Waals surface area contributed by atoms with E-state index in [1.54, 1.807) is 30.3 Å². The van der Waals surface area contributed by atoms with Crippen molar-refractivity contribution in [2.45, 2.75) is 37.8 Å². The van der Waals surface area contributed by atoms with Gasteiger partial charge in [-0.2, -0.15) is 0 Å². The molecule has 2 aliphatic heterocycles. The molecule has 36 heavy (non-hydrogen) atoms. The highest BCUT2D eigenvalue weighted by Gasteiger charge is 2.36. The summed E-state index contributed by atoms with van der Waals surface area (Å²) < 4.78 is 6.52. The van der Waals surface area contributed by atoms with Crippen molar-refractivity contribution in [2.24, 2.45) is 0 Å². The smallest absolute Gasteiger partial charge is 0.340 e. The van der Waals surface area contributed by atoms with Gasteiger partial charge in [-0.25, -0.2) is 4.79 Å². The number of carbonyl (C=O) groups is 4. The van der Waals surface area contributed by atoms with E-state index in [9.17, 15) is 19.2 Å². The van der Waals surface area contributed by atoms with E-state index in [2.05, 4.69) is 61.1 Å². The summed E-state index contributed by atoms with van der Waals surface area (Å²) in [5, 5.41) is 8.87. The van der Waals surface area contributed by atoms with Gasteiger partial charge in [0.15, 0.2) is 0 Å². The third-order valence-electron chi connectivity index (χ3n) is 6.31. The van der Waals surface area contributed by atoms with Crippen LogP contribution in [0.2, 0.25) is 0 Å². The van der Waals surface area contributed by atoms with E-state index in [0.717, 1.165) is 26.5 Å². The fraction of sp³-hybridized carbons (Fsp3) is 0.360. The molecule has 0 aromatic heterocycles. The summed E-state index contributed by atoms with van der Waals surface area (Å²) in [6, 6.07) is 9.35. The number of ether oxygens (including phenoxy) is 1. The van der Waals surface area contributed by atoms with Crippen LogP contribution < -0.4 is 16.0 Å². The number of amides is 3. The number of benzene rings is 2. The van der Waals surface area contributed by atoms with Gasteiger partial charge in [-0.15, -0.1) is 0 Å². The second-order valence-electron chi connectivity index (χ2n) is 8.66. The number of halogens is 2. The number of carbonyl (C=O) groups excluding carboxylic acids is 4. The Morgan fingerprint density at radius 3 is 2.19 bits per heavy atom. The Bertz CT molecular complexity index is 1200. The highest BCUT2D eigenvalue weighted by Crippen LogP contribution is 2.28. The van der Waals surface area contributed by atoms with Gasteiger partial charge in [0.2, 0.25) is 11.8 Å². The van der Waals surface area contributed by atoms with Gasteiger partial charge in [0.1, 0.15) is 6.04 Å². The van der Waals surface area contributed by atoms with Gasteiger partial charge in [0.05, 0.1) is 35.7 Å². The molecule has 9 nitrogen and oxygen atoms in total.